The van der Waals surface area contributed by atoms with Gasteiger partial charge >= 0.3 is 11.7 Å². The van der Waals surface area contributed by atoms with Crippen LogP contribution in [0.2, 0.25) is 0 Å². The average Bonchev–Trinajstić information content (AvgIpc) is 2.71. The van der Waals surface area contributed by atoms with E-state index in [1.165, 1.54) is 22.8 Å². The molecule has 0 unspecified atom stereocenters. The van der Waals surface area contributed by atoms with Crippen molar-refractivity contribution in [2.24, 2.45) is 0 Å². The number of aromatic nitrogens is 2. The van der Waals surface area contributed by atoms with E-state index in [9.17, 15) is 18.0 Å². The second kappa shape index (κ2) is 5.12. The molecule has 20 heavy (non-hydrogen) atoms. The van der Waals surface area contributed by atoms with Crippen LogP contribution < -0.4 is 5.69 Å². The number of rotatable bonds is 5. The quantitative estimate of drug-likeness (QED) is 0.833. The maximum absolute atomic E-state index is 11.8. The summed E-state index contributed by atoms with van der Waals surface area (Å²) in [4.78, 5) is 25.2. The molecule has 0 aliphatic carbocycles. The van der Waals surface area contributed by atoms with Crippen molar-refractivity contribution in [1.82, 2.24) is 9.55 Å². The molecule has 2 rings (SSSR count). The predicted molar refractivity (Wildman–Crippen MR) is 73.8 cm³/mol. The first-order chi connectivity index (χ1) is 9.34. The zero-order valence-corrected chi connectivity index (χ0v) is 11.6. The first-order valence-electron chi connectivity index (χ1n) is 6.00. The van der Waals surface area contributed by atoms with Crippen LogP contribution in [-0.2, 0) is 16.4 Å². The lowest BCUT2D eigenvalue weighted by atomic mass is 10.2. The van der Waals surface area contributed by atoms with Gasteiger partial charge in [0.2, 0.25) is 0 Å². The number of carbonyl (C=O) groups is 1. The van der Waals surface area contributed by atoms with Gasteiger partial charge in [-0.2, -0.15) is 0 Å². The van der Waals surface area contributed by atoms with Gasteiger partial charge in [0, 0.05) is 12.3 Å². The molecule has 7 nitrogen and oxygen atoms in total. The summed E-state index contributed by atoms with van der Waals surface area (Å²) in [6.45, 7) is 1.59. The van der Waals surface area contributed by atoms with Gasteiger partial charge in [-0.15, -0.1) is 0 Å². The second-order valence-corrected chi connectivity index (χ2v) is 6.83. The molecule has 0 aliphatic heterocycles. The first kappa shape index (κ1) is 14.3. The molecule has 1 aromatic carbocycles. The Morgan fingerprint density at radius 2 is 2.10 bits per heavy atom. The van der Waals surface area contributed by atoms with Crippen molar-refractivity contribution >= 4 is 26.8 Å². The van der Waals surface area contributed by atoms with E-state index in [-0.39, 0.29) is 23.6 Å². The first-order valence-corrected chi connectivity index (χ1v) is 7.82. The Bertz CT molecular complexity index is 816. The fourth-order valence-corrected chi connectivity index (χ4v) is 2.64. The number of hydrogen-bond acceptors (Lipinski definition) is 4. The van der Waals surface area contributed by atoms with E-state index in [0.29, 0.717) is 11.0 Å². The molecular formula is C12H14N2O5S. The molecule has 0 aliphatic rings. The summed E-state index contributed by atoms with van der Waals surface area (Å²) in [5.41, 5.74) is 0.482. The number of fused-ring (bicyclic) bond motifs is 1. The Balaban J connectivity index is 2.42. The Morgan fingerprint density at radius 3 is 2.70 bits per heavy atom. The molecule has 0 atom stereocenters. The van der Waals surface area contributed by atoms with Gasteiger partial charge in [-0.05, 0) is 18.2 Å². The Labute approximate surface area is 114 Å². The van der Waals surface area contributed by atoms with Crippen molar-refractivity contribution in [2.75, 3.05) is 11.5 Å². The topological polar surface area (TPSA) is 109 Å². The lowest BCUT2D eigenvalue weighted by Gasteiger charge is -2.03. The zero-order valence-electron chi connectivity index (χ0n) is 10.8. The number of benzene rings is 1. The van der Waals surface area contributed by atoms with Gasteiger partial charge in [0.15, 0.2) is 9.84 Å². The normalized spacial score (nSPS) is 11.8. The van der Waals surface area contributed by atoms with Gasteiger partial charge in [0.1, 0.15) is 0 Å². The number of H-pyrrole nitrogens is 1. The van der Waals surface area contributed by atoms with Crippen LogP contribution in [0.1, 0.15) is 17.3 Å². The average molecular weight is 298 g/mol. The number of nitrogens with zero attached hydrogens (tertiary/aromatic N) is 1. The van der Waals surface area contributed by atoms with E-state index < -0.39 is 21.5 Å². The molecule has 0 fully saturated rings. The minimum atomic E-state index is -3.17. The fraction of sp³-hybridized carbons (Fsp3) is 0.333. The van der Waals surface area contributed by atoms with Crippen LogP contribution in [0.15, 0.2) is 23.0 Å². The van der Waals surface area contributed by atoms with Crippen LogP contribution >= 0.6 is 0 Å². The second-order valence-electron chi connectivity index (χ2n) is 4.36. The van der Waals surface area contributed by atoms with Crippen LogP contribution in [0, 0.1) is 0 Å². The van der Waals surface area contributed by atoms with Crippen LogP contribution in [0.25, 0.3) is 11.0 Å². The van der Waals surface area contributed by atoms with Gasteiger partial charge in [-0.1, -0.05) is 6.92 Å². The molecule has 0 amide bonds. The number of carboxylic acid groups (broad SMARTS) is 1. The molecule has 0 saturated heterocycles. The summed E-state index contributed by atoms with van der Waals surface area (Å²) in [7, 11) is -3.17. The highest BCUT2D eigenvalue weighted by Gasteiger charge is 2.13. The third kappa shape index (κ3) is 2.74. The number of sulfone groups is 1. The van der Waals surface area contributed by atoms with Crippen LogP contribution in [-0.4, -0.2) is 40.6 Å². The maximum Gasteiger partial charge on any atom is 0.335 e. The largest absolute Gasteiger partial charge is 0.478 e. The number of nitrogens with one attached hydrogen (secondary N) is 1. The summed E-state index contributed by atoms with van der Waals surface area (Å²) in [5.74, 6) is -1.20. The number of hydrogen-bond donors (Lipinski definition) is 2. The van der Waals surface area contributed by atoms with Crippen LogP contribution in [0.3, 0.4) is 0 Å². The van der Waals surface area contributed by atoms with E-state index >= 15 is 0 Å². The molecule has 108 valence electrons. The molecule has 0 radical (unpaired) electrons. The maximum atomic E-state index is 11.8. The number of aromatic amines is 1. The molecule has 0 bridgehead atoms. The highest BCUT2D eigenvalue weighted by Crippen LogP contribution is 2.13. The van der Waals surface area contributed by atoms with E-state index in [1.54, 1.807) is 6.92 Å². The molecule has 1 heterocycles. The Hall–Kier alpha value is -2.09. The van der Waals surface area contributed by atoms with Gasteiger partial charge < -0.3 is 10.1 Å². The number of aryl methyl sites for hydroxylation is 1. The van der Waals surface area contributed by atoms with E-state index in [4.69, 9.17) is 5.11 Å². The third-order valence-electron chi connectivity index (χ3n) is 3.09. The SMILES string of the molecule is CCS(=O)(=O)CCn1c(=O)[nH]c2cc(C(=O)O)ccc21. The highest BCUT2D eigenvalue weighted by atomic mass is 32.2. The minimum absolute atomic E-state index is 0.0211. The number of aromatic carboxylic acids is 1. The van der Waals surface area contributed by atoms with Gasteiger partial charge in [0.25, 0.3) is 0 Å². The molecule has 0 saturated carbocycles. The van der Waals surface area contributed by atoms with Crippen LogP contribution in [0.5, 0.6) is 0 Å². The third-order valence-corrected chi connectivity index (χ3v) is 4.77. The zero-order chi connectivity index (χ0) is 14.9. The lowest BCUT2D eigenvalue weighted by Crippen LogP contribution is -2.22. The summed E-state index contributed by atoms with van der Waals surface area (Å²) in [6, 6.07) is 4.22. The molecule has 2 N–H and O–H groups in total. The van der Waals surface area contributed by atoms with E-state index in [1.807, 2.05) is 0 Å². The summed E-state index contributed by atoms with van der Waals surface area (Å²) < 4.78 is 24.3. The summed E-state index contributed by atoms with van der Waals surface area (Å²) in [6.07, 6.45) is 0. The molecule has 0 spiro atoms. The van der Waals surface area contributed by atoms with Gasteiger partial charge in [-0.3, -0.25) is 4.57 Å². The summed E-state index contributed by atoms with van der Waals surface area (Å²) in [5, 5.41) is 8.88. The summed E-state index contributed by atoms with van der Waals surface area (Å²) >= 11 is 0. The van der Waals surface area contributed by atoms with Crippen molar-refractivity contribution in [2.45, 2.75) is 13.5 Å². The van der Waals surface area contributed by atoms with Crippen molar-refractivity contribution in [3.8, 4) is 0 Å². The Kier molecular flexibility index (Phi) is 3.67. The highest BCUT2D eigenvalue weighted by molar-refractivity contribution is 7.91. The van der Waals surface area contributed by atoms with Gasteiger partial charge in [0.05, 0.1) is 22.3 Å². The molecular weight excluding hydrogens is 284 g/mol. The minimum Gasteiger partial charge on any atom is -0.478 e. The molecule has 8 heteroatoms. The monoisotopic (exact) mass is 298 g/mol. The van der Waals surface area contributed by atoms with E-state index in [0.717, 1.165) is 0 Å². The smallest absolute Gasteiger partial charge is 0.335 e. The fourth-order valence-electron chi connectivity index (χ4n) is 1.89. The number of carboxylic acids is 1. The van der Waals surface area contributed by atoms with Crippen LogP contribution in [0.4, 0.5) is 0 Å². The Morgan fingerprint density at radius 1 is 1.40 bits per heavy atom. The molecule has 1 aromatic heterocycles. The van der Waals surface area contributed by atoms with Crippen molar-refractivity contribution in [1.29, 1.82) is 0 Å². The van der Waals surface area contributed by atoms with Crippen molar-refractivity contribution in [3.05, 3.63) is 34.2 Å². The van der Waals surface area contributed by atoms with E-state index in [2.05, 4.69) is 4.98 Å². The number of imidazole rings is 1. The standard InChI is InChI=1S/C12H14N2O5S/c1-2-20(18,19)6-5-14-10-4-3-8(11(15)16)7-9(10)13-12(14)17/h3-4,7H,2,5-6H2,1H3,(H,13,17)(H,15,16). The predicted octanol–water partition coefficient (Wildman–Crippen LogP) is 0.462. The lowest BCUT2D eigenvalue weighted by molar-refractivity contribution is 0.0697. The van der Waals surface area contributed by atoms with Crippen molar-refractivity contribution < 1.29 is 18.3 Å². The van der Waals surface area contributed by atoms with Crippen molar-refractivity contribution in [3.63, 3.8) is 0 Å². The molecule has 2 aromatic rings. The van der Waals surface area contributed by atoms with Gasteiger partial charge in [-0.25, -0.2) is 18.0 Å².